The molecule has 3 rings (SSSR count). The molecule has 3 nitrogen and oxygen atoms in total. The molecule has 0 amide bonds. The van der Waals surface area contributed by atoms with Gasteiger partial charge in [0.25, 0.3) is 0 Å². The predicted octanol–water partition coefficient (Wildman–Crippen LogP) is 4.94. The molecule has 1 aliphatic rings. The maximum atomic E-state index is 6.24. The van der Waals surface area contributed by atoms with Crippen molar-refractivity contribution in [2.24, 2.45) is 0 Å². The number of benzene rings is 2. The van der Waals surface area contributed by atoms with E-state index in [1.54, 1.807) is 0 Å². The van der Waals surface area contributed by atoms with Crippen LogP contribution in [0.1, 0.15) is 18.5 Å². The molecule has 2 aromatic carbocycles. The number of hydrogen-bond acceptors (Lipinski definition) is 3. The van der Waals surface area contributed by atoms with Crippen LogP contribution in [0.4, 0.5) is 5.69 Å². The first-order chi connectivity index (χ1) is 10.2. The molecule has 0 saturated heterocycles. The summed E-state index contributed by atoms with van der Waals surface area (Å²) in [6.45, 7) is 3.07. The summed E-state index contributed by atoms with van der Waals surface area (Å²) in [4.78, 5) is 0. The molecule has 0 aromatic heterocycles. The number of anilines is 1. The number of fused-ring (bicyclic) bond motifs is 1. The van der Waals surface area contributed by atoms with Crippen LogP contribution in [0.15, 0.2) is 36.4 Å². The fraction of sp³-hybridized carbons (Fsp3) is 0.250. The van der Waals surface area contributed by atoms with E-state index in [1.165, 1.54) is 0 Å². The van der Waals surface area contributed by atoms with Crippen LogP contribution in [-0.4, -0.2) is 13.2 Å². The number of nitrogens with one attached hydrogen (secondary N) is 1. The van der Waals surface area contributed by atoms with Gasteiger partial charge < -0.3 is 14.8 Å². The summed E-state index contributed by atoms with van der Waals surface area (Å²) in [5.41, 5.74) is 1.94. The number of halogens is 2. The Morgan fingerprint density at radius 2 is 2.10 bits per heavy atom. The van der Waals surface area contributed by atoms with Crippen molar-refractivity contribution < 1.29 is 9.47 Å². The van der Waals surface area contributed by atoms with E-state index in [1.807, 2.05) is 43.3 Å². The van der Waals surface area contributed by atoms with Crippen molar-refractivity contribution in [2.75, 3.05) is 18.5 Å². The molecule has 0 bridgehead atoms. The van der Waals surface area contributed by atoms with E-state index in [4.69, 9.17) is 32.7 Å². The first kappa shape index (κ1) is 14.4. The quantitative estimate of drug-likeness (QED) is 0.868. The molecule has 1 heterocycles. The van der Waals surface area contributed by atoms with Gasteiger partial charge in [-0.3, -0.25) is 0 Å². The summed E-state index contributed by atoms with van der Waals surface area (Å²) in [5, 5.41) is 4.70. The van der Waals surface area contributed by atoms with Crippen molar-refractivity contribution in [1.82, 2.24) is 0 Å². The third-order valence-electron chi connectivity index (χ3n) is 3.33. The average Bonchev–Trinajstić information content (AvgIpc) is 2.48. The van der Waals surface area contributed by atoms with Gasteiger partial charge in [-0.2, -0.15) is 0 Å². The summed E-state index contributed by atoms with van der Waals surface area (Å²) in [6.07, 6.45) is 0. The van der Waals surface area contributed by atoms with Crippen molar-refractivity contribution in [3.63, 3.8) is 0 Å². The number of ether oxygens (including phenoxy) is 2. The molecular formula is C16H15Cl2NO2. The monoisotopic (exact) mass is 323 g/mol. The summed E-state index contributed by atoms with van der Waals surface area (Å²) in [7, 11) is 0. The van der Waals surface area contributed by atoms with Crippen LogP contribution in [0, 0.1) is 0 Å². The minimum absolute atomic E-state index is 0.0316. The largest absolute Gasteiger partial charge is 0.492 e. The molecule has 21 heavy (non-hydrogen) atoms. The van der Waals surface area contributed by atoms with E-state index in [9.17, 15) is 0 Å². The van der Waals surface area contributed by atoms with Crippen LogP contribution < -0.4 is 14.8 Å². The molecule has 1 atom stereocenters. The summed E-state index contributed by atoms with van der Waals surface area (Å²) >= 11 is 12.3. The third kappa shape index (κ3) is 3.04. The Bertz CT molecular complexity index is 661. The molecule has 0 radical (unpaired) electrons. The van der Waals surface area contributed by atoms with E-state index in [0.29, 0.717) is 29.0 Å². The van der Waals surface area contributed by atoms with Crippen LogP contribution in [0.5, 0.6) is 11.5 Å². The lowest BCUT2D eigenvalue weighted by Crippen LogP contribution is -2.23. The van der Waals surface area contributed by atoms with Gasteiger partial charge in [0.1, 0.15) is 18.1 Å². The minimum atomic E-state index is 0.0316. The Labute approximate surface area is 133 Å². The van der Waals surface area contributed by atoms with Gasteiger partial charge in [0, 0.05) is 5.02 Å². The lowest BCUT2D eigenvalue weighted by Gasteiger charge is -2.28. The molecule has 0 saturated carbocycles. The molecule has 2 aromatic rings. The van der Waals surface area contributed by atoms with E-state index in [-0.39, 0.29) is 6.04 Å². The fourth-order valence-electron chi connectivity index (χ4n) is 2.33. The topological polar surface area (TPSA) is 30.5 Å². The van der Waals surface area contributed by atoms with Gasteiger partial charge in [-0.15, -0.1) is 0 Å². The van der Waals surface area contributed by atoms with Gasteiger partial charge in [0.2, 0.25) is 0 Å². The molecule has 0 unspecified atom stereocenters. The Morgan fingerprint density at radius 1 is 1.24 bits per heavy atom. The van der Waals surface area contributed by atoms with E-state index < -0.39 is 0 Å². The second kappa shape index (κ2) is 6.04. The Balaban J connectivity index is 1.84. The Morgan fingerprint density at radius 3 is 2.86 bits per heavy atom. The molecule has 5 heteroatoms. The van der Waals surface area contributed by atoms with Crippen LogP contribution in [0.3, 0.4) is 0 Å². The Kier molecular flexibility index (Phi) is 4.13. The molecule has 0 spiro atoms. The van der Waals surface area contributed by atoms with Crippen LogP contribution in [0.2, 0.25) is 10.0 Å². The van der Waals surface area contributed by atoms with Gasteiger partial charge in [-0.25, -0.2) is 0 Å². The van der Waals surface area contributed by atoms with Crippen LogP contribution >= 0.6 is 23.2 Å². The second-order valence-electron chi connectivity index (χ2n) is 4.77. The second-order valence-corrected chi connectivity index (χ2v) is 5.61. The number of hydrogen-bond donors (Lipinski definition) is 1. The smallest absolute Gasteiger partial charge is 0.142 e. The van der Waals surface area contributed by atoms with Crippen LogP contribution in [0.25, 0.3) is 0 Å². The lowest BCUT2D eigenvalue weighted by atomic mass is 10.1. The summed E-state index contributed by atoms with van der Waals surface area (Å²) < 4.78 is 11.2. The zero-order chi connectivity index (χ0) is 14.8. The predicted molar refractivity (Wildman–Crippen MR) is 85.9 cm³/mol. The zero-order valence-corrected chi connectivity index (χ0v) is 13.0. The van der Waals surface area contributed by atoms with Crippen LogP contribution in [-0.2, 0) is 0 Å². The molecule has 0 fully saturated rings. The Hall–Kier alpha value is -1.58. The third-order valence-corrected chi connectivity index (χ3v) is 3.87. The van der Waals surface area contributed by atoms with Crippen molar-refractivity contribution in [3.05, 3.63) is 52.0 Å². The molecular weight excluding hydrogens is 309 g/mol. The standard InChI is InChI=1S/C16H15Cl2NO2/c1-2-20-15-5-3-10(7-12(15)18)14-9-21-16-6-4-11(17)8-13(16)19-14/h3-8,14,19H,2,9H2,1H3/t14-/m0/s1. The number of rotatable bonds is 3. The first-order valence-electron chi connectivity index (χ1n) is 6.78. The van der Waals surface area contributed by atoms with Crippen molar-refractivity contribution >= 4 is 28.9 Å². The molecule has 1 aliphatic heterocycles. The highest BCUT2D eigenvalue weighted by Crippen LogP contribution is 2.37. The average molecular weight is 324 g/mol. The highest BCUT2D eigenvalue weighted by Gasteiger charge is 2.21. The zero-order valence-electron chi connectivity index (χ0n) is 11.5. The van der Waals surface area contributed by atoms with Gasteiger partial charge in [-0.05, 0) is 42.8 Å². The maximum absolute atomic E-state index is 6.24. The summed E-state index contributed by atoms with van der Waals surface area (Å²) in [6, 6.07) is 11.4. The molecule has 0 aliphatic carbocycles. The molecule has 110 valence electrons. The van der Waals surface area contributed by atoms with E-state index in [0.717, 1.165) is 17.0 Å². The first-order valence-corrected chi connectivity index (χ1v) is 7.54. The molecule has 1 N–H and O–H groups in total. The maximum Gasteiger partial charge on any atom is 0.142 e. The highest BCUT2D eigenvalue weighted by molar-refractivity contribution is 6.32. The van der Waals surface area contributed by atoms with E-state index >= 15 is 0 Å². The fourth-order valence-corrected chi connectivity index (χ4v) is 2.74. The van der Waals surface area contributed by atoms with Gasteiger partial charge in [0.05, 0.1) is 23.4 Å². The van der Waals surface area contributed by atoms with Gasteiger partial charge in [-0.1, -0.05) is 29.3 Å². The normalized spacial score (nSPS) is 16.6. The minimum Gasteiger partial charge on any atom is -0.492 e. The highest BCUT2D eigenvalue weighted by atomic mass is 35.5. The van der Waals surface area contributed by atoms with Gasteiger partial charge in [0.15, 0.2) is 0 Å². The SMILES string of the molecule is CCOc1ccc([C@@H]2COc3ccc(Cl)cc3N2)cc1Cl. The summed E-state index contributed by atoms with van der Waals surface area (Å²) in [5.74, 6) is 1.51. The van der Waals surface area contributed by atoms with E-state index in [2.05, 4.69) is 5.32 Å². The lowest BCUT2D eigenvalue weighted by molar-refractivity contribution is 0.286. The van der Waals surface area contributed by atoms with Gasteiger partial charge >= 0.3 is 0 Å². The van der Waals surface area contributed by atoms with Crippen molar-refractivity contribution in [3.8, 4) is 11.5 Å². The van der Waals surface area contributed by atoms with Crippen molar-refractivity contribution in [1.29, 1.82) is 0 Å². The van der Waals surface area contributed by atoms with Crippen molar-refractivity contribution in [2.45, 2.75) is 13.0 Å².